The molecule has 0 fully saturated rings. The van der Waals surface area contributed by atoms with Crippen LogP contribution in [0, 0.1) is 18.3 Å². The number of carbonyl (C=O) groups excluding carboxylic acids is 1. The van der Waals surface area contributed by atoms with Crippen LogP contribution in [0.5, 0.6) is 23.0 Å². The van der Waals surface area contributed by atoms with Gasteiger partial charge in [-0.1, -0.05) is 23.7 Å². The molecule has 0 aliphatic carbocycles. The summed E-state index contributed by atoms with van der Waals surface area (Å²) in [5, 5.41) is 12.8. The van der Waals surface area contributed by atoms with Crippen molar-refractivity contribution in [2.45, 2.75) is 13.5 Å². The topological polar surface area (TPSA) is 89.8 Å². The van der Waals surface area contributed by atoms with Crippen molar-refractivity contribution < 1.29 is 23.7 Å². The molecule has 35 heavy (non-hydrogen) atoms. The van der Waals surface area contributed by atoms with Crippen LogP contribution in [0.25, 0.3) is 6.08 Å². The molecule has 0 atom stereocenters. The summed E-state index contributed by atoms with van der Waals surface area (Å²) in [6.45, 7) is 2.34. The van der Waals surface area contributed by atoms with Gasteiger partial charge in [0.15, 0.2) is 23.0 Å². The Balaban J connectivity index is 1.52. The predicted octanol–water partition coefficient (Wildman–Crippen LogP) is 6.27. The molecule has 178 valence electrons. The van der Waals surface area contributed by atoms with E-state index in [2.05, 4.69) is 21.2 Å². The third kappa shape index (κ3) is 5.70. The van der Waals surface area contributed by atoms with Crippen molar-refractivity contribution in [1.29, 1.82) is 5.26 Å². The third-order valence-electron chi connectivity index (χ3n) is 5.18. The Labute approximate surface area is 215 Å². The van der Waals surface area contributed by atoms with Crippen LogP contribution in [0.4, 0.5) is 5.69 Å². The average molecular weight is 556 g/mol. The van der Waals surface area contributed by atoms with E-state index >= 15 is 0 Å². The molecule has 0 unspecified atom stereocenters. The van der Waals surface area contributed by atoms with Gasteiger partial charge in [0.25, 0.3) is 5.91 Å². The monoisotopic (exact) mass is 554 g/mol. The largest absolute Gasteiger partial charge is 0.493 e. The molecule has 1 aliphatic rings. The van der Waals surface area contributed by atoms with Crippen LogP contribution < -0.4 is 24.3 Å². The van der Waals surface area contributed by atoms with Crippen LogP contribution in [0.2, 0.25) is 5.02 Å². The van der Waals surface area contributed by atoms with Crippen molar-refractivity contribution in [1.82, 2.24) is 0 Å². The molecule has 4 rings (SSSR count). The van der Waals surface area contributed by atoms with Gasteiger partial charge < -0.3 is 24.3 Å². The molecule has 9 heteroatoms. The number of nitriles is 1. The molecule has 0 aromatic heterocycles. The fourth-order valence-corrected chi connectivity index (χ4v) is 4.09. The highest BCUT2D eigenvalue weighted by atomic mass is 79.9. The summed E-state index contributed by atoms with van der Waals surface area (Å²) in [4.78, 5) is 12.7. The Morgan fingerprint density at radius 3 is 2.74 bits per heavy atom. The molecule has 0 saturated carbocycles. The Morgan fingerprint density at radius 2 is 2.00 bits per heavy atom. The number of halogens is 2. The summed E-state index contributed by atoms with van der Waals surface area (Å²) >= 11 is 9.62. The summed E-state index contributed by atoms with van der Waals surface area (Å²) in [5.74, 6) is 1.75. The first-order chi connectivity index (χ1) is 16.9. The van der Waals surface area contributed by atoms with Crippen LogP contribution in [0.3, 0.4) is 0 Å². The van der Waals surface area contributed by atoms with E-state index in [1.54, 1.807) is 30.3 Å². The molecule has 0 bridgehead atoms. The van der Waals surface area contributed by atoms with Gasteiger partial charge in [-0.05, 0) is 82.0 Å². The van der Waals surface area contributed by atoms with Crippen molar-refractivity contribution >= 4 is 45.2 Å². The molecule has 1 amide bonds. The second-order valence-electron chi connectivity index (χ2n) is 7.60. The highest BCUT2D eigenvalue weighted by Gasteiger charge is 2.16. The van der Waals surface area contributed by atoms with Crippen molar-refractivity contribution in [3.05, 3.63) is 80.3 Å². The number of nitrogens with one attached hydrogen (secondary N) is 1. The van der Waals surface area contributed by atoms with E-state index < -0.39 is 5.91 Å². The molecule has 0 spiro atoms. The minimum atomic E-state index is -0.550. The number of ether oxygens (including phenoxy) is 4. The number of methoxy groups -OCH3 is 1. The van der Waals surface area contributed by atoms with Crippen molar-refractivity contribution in [2.75, 3.05) is 19.2 Å². The summed E-state index contributed by atoms with van der Waals surface area (Å²) in [5.41, 5.74) is 2.78. The summed E-state index contributed by atoms with van der Waals surface area (Å²) in [6, 6.07) is 16.1. The highest BCUT2D eigenvalue weighted by Crippen LogP contribution is 2.38. The van der Waals surface area contributed by atoms with Gasteiger partial charge in [-0.25, -0.2) is 0 Å². The normalized spacial score (nSPS) is 12.1. The van der Waals surface area contributed by atoms with Gasteiger partial charge in [0, 0.05) is 10.7 Å². The zero-order valence-electron chi connectivity index (χ0n) is 18.9. The van der Waals surface area contributed by atoms with E-state index in [4.69, 9.17) is 30.5 Å². The smallest absolute Gasteiger partial charge is 0.266 e. The van der Waals surface area contributed by atoms with E-state index in [1.165, 1.54) is 13.2 Å². The van der Waals surface area contributed by atoms with Crippen molar-refractivity contribution in [3.63, 3.8) is 0 Å². The van der Waals surface area contributed by atoms with E-state index in [0.717, 1.165) is 11.1 Å². The molecule has 1 N–H and O–H groups in total. The van der Waals surface area contributed by atoms with Gasteiger partial charge in [-0.15, -0.1) is 0 Å². The Bertz CT molecular complexity index is 1370. The molecular formula is C26H20BrClN2O5. The van der Waals surface area contributed by atoms with Gasteiger partial charge in [0.2, 0.25) is 6.79 Å². The maximum atomic E-state index is 12.7. The Kier molecular flexibility index (Phi) is 7.49. The second kappa shape index (κ2) is 10.7. The predicted molar refractivity (Wildman–Crippen MR) is 136 cm³/mol. The van der Waals surface area contributed by atoms with Crippen LogP contribution >= 0.6 is 27.5 Å². The minimum absolute atomic E-state index is 0.0790. The lowest BCUT2D eigenvalue weighted by Crippen LogP contribution is -2.13. The maximum absolute atomic E-state index is 12.7. The lowest BCUT2D eigenvalue weighted by molar-refractivity contribution is -0.112. The quantitative estimate of drug-likeness (QED) is 0.273. The lowest BCUT2D eigenvalue weighted by atomic mass is 10.1. The summed E-state index contributed by atoms with van der Waals surface area (Å²) in [7, 11) is 1.52. The minimum Gasteiger partial charge on any atom is -0.493 e. The van der Waals surface area contributed by atoms with Gasteiger partial charge in [0.05, 0.1) is 11.6 Å². The number of fused-ring (bicyclic) bond motifs is 1. The van der Waals surface area contributed by atoms with Crippen molar-refractivity contribution in [3.8, 4) is 29.1 Å². The number of hydrogen-bond acceptors (Lipinski definition) is 6. The molecule has 0 radical (unpaired) electrons. The van der Waals surface area contributed by atoms with Gasteiger partial charge in [0.1, 0.15) is 18.2 Å². The molecule has 3 aromatic rings. The van der Waals surface area contributed by atoms with Crippen LogP contribution in [0.15, 0.2) is 58.6 Å². The number of carbonyl (C=O) groups is 1. The first kappa shape index (κ1) is 24.5. The van der Waals surface area contributed by atoms with Gasteiger partial charge >= 0.3 is 0 Å². The van der Waals surface area contributed by atoms with Gasteiger partial charge in [-0.2, -0.15) is 5.26 Å². The van der Waals surface area contributed by atoms with E-state index in [-0.39, 0.29) is 19.0 Å². The molecule has 0 saturated heterocycles. The zero-order valence-corrected chi connectivity index (χ0v) is 21.2. The first-order valence-electron chi connectivity index (χ1n) is 10.5. The van der Waals surface area contributed by atoms with Crippen LogP contribution in [0.1, 0.15) is 16.7 Å². The van der Waals surface area contributed by atoms with Crippen LogP contribution in [-0.4, -0.2) is 19.8 Å². The first-order valence-corrected chi connectivity index (χ1v) is 11.6. The Morgan fingerprint density at radius 1 is 1.20 bits per heavy atom. The van der Waals surface area contributed by atoms with Gasteiger partial charge in [-0.3, -0.25) is 4.79 Å². The second-order valence-corrected chi connectivity index (χ2v) is 8.86. The van der Waals surface area contributed by atoms with Crippen LogP contribution in [-0.2, 0) is 11.4 Å². The van der Waals surface area contributed by atoms with E-state index in [9.17, 15) is 10.1 Å². The maximum Gasteiger partial charge on any atom is 0.266 e. The molecule has 7 nitrogen and oxygen atoms in total. The SMILES string of the molecule is COc1cc(/C=C(/C#N)C(=O)Nc2ccc(C)c(Cl)c2)cc(Br)c1OCc1ccc2c(c1)OCO2. The number of hydrogen-bond donors (Lipinski definition) is 1. The standard InChI is InChI=1S/C26H20BrClN2O5/c1-15-3-5-19(11-21(15)28)30-26(31)18(12-29)7-17-8-20(27)25(24(10-17)32-2)33-13-16-4-6-22-23(9-16)35-14-34-22/h3-11H,13-14H2,1-2H3,(H,30,31)/b18-7-. The number of amides is 1. The molecule has 1 heterocycles. The molecule has 1 aliphatic heterocycles. The third-order valence-corrected chi connectivity index (χ3v) is 6.17. The fourth-order valence-electron chi connectivity index (χ4n) is 3.33. The fraction of sp³-hybridized carbons (Fsp3) is 0.154. The number of aryl methyl sites for hydroxylation is 1. The number of benzene rings is 3. The van der Waals surface area contributed by atoms with Crippen molar-refractivity contribution in [2.24, 2.45) is 0 Å². The summed E-state index contributed by atoms with van der Waals surface area (Å²) < 4.78 is 22.8. The molecule has 3 aromatic carbocycles. The van der Waals surface area contributed by atoms with E-state index in [0.29, 0.717) is 43.7 Å². The molecular weight excluding hydrogens is 536 g/mol. The highest BCUT2D eigenvalue weighted by molar-refractivity contribution is 9.10. The zero-order chi connectivity index (χ0) is 24.9. The average Bonchev–Trinajstić information content (AvgIpc) is 3.31. The summed E-state index contributed by atoms with van der Waals surface area (Å²) in [6.07, 6.45) is 1.47. The van der Waals surface area contributed by atoms with E-state index in [1.807, 2.05) is 31.2 Å². The number of anilines is 1. The Hall–Kier alpha value is -3.67. The number of nitrogens with zero attached hydrogens (tertiary/aromatic N) is 1. The number of rotatable bonds is 7. The lowest BCUT2D eigenvalue weighted by Gasteiger charge is -2.14.